The van der Waals surface area contributed by atoms with Crippen LogP contribution in [0.4, 0.5) is 0 Å². The zero-order chi connectivity index (χ0) is 14.8. The summed E-state index contributed by atoms with van der Waals surface area (Å²) in [5.41, 5.74) is 2.77. The summed E-state index contributed by atoms with van der Waals surface area (Å²) in [6.07, 6.45) is 4.00. The van der Waals surface area contributed by atoms with Crippen LogP contribution in [0.5, 0.6) is 0 Å². The van der Waals surface area contributed by atoms with Crippen LogP contribution in [-0.2, 0) is 11.3 Å². The number of hydrogen-bond donors (Lipinski definition) is 0. The third kappa shape index (κ3) is 2.63. The van der Waals surface area contributed by atoms with Gasteiger partial charge in [0.05, 0.1) is 11.1 Å². The summed E-state index contributed by atoms with van der Waals surface area (Å²) in [6.45, 7) is 5.63. The van der Waals surface area contributed by atoms with Gasteiger partial charge in [-0.15, -0.1) is 0 Å². The van der Waals surface area contributed by atoms with Gasteiger partial charge in [0, 0.05) is 57.6 Å². The molecular formula is C16H18N4O. The van der Waals surface area contributed by atoms with E-state index in [-0.39, 0.29) is 5.91 Å². The topological polar surface area (TPSA) is 51.8 Å². The van der Waals surface area contributed by atoms with Crippen molar-refractivity contribution in [3.63, 3.8) is 0 Å². The van der Waals surface area contributed by atoms with Gasteiger partial charge in [-0.25, -0.2) is 0 Å². The van der Waals surface area contributed by atoms with Crippen molar-refractivity contribution in [2.24, 2.45) is 0 Å². The number of carbonyl (C=O) groups excluding carboxylic acids is 1. The lowest BCUT2D eigenvalue weighted by Gasteiger charge is -2.34. The number of hydrogen-bond acceptors (Lipinski definition) is 3. The molecule has 0 spiro atoms. The smallest absolute Gasteiger partial charge is 0.219 e. The molecule has 2 aromatic rings. The number of aromatic nitrogens is 1. The van der Waals surface area contributed by atoms with Gasteiger partial charge in [0.1, 0.15) is 6.07 Å². The molecule has 1 fully saturated rings. The molecule has 1 aliphatic heterocycles. The monoisotopic (exact) mass is 282 g/mol. The first kappa shape index (κ1) is 13.7. The van der Waals surface area contributed by atoms with Crippen LogP contribution in [0.25, 0.3) is 5.52 Å². The quantitative estimate of drug-likeness (QED) is 0.838. The van der Waals surface area contributed by atoms with Crippen molar-refractivity contribution in [1.82, 2.24) is 14.2 Å². The van der Waals surface area contributed by atoms with Gasteiger partial charge in [0.15, 0.2) is 0 Å². The third-order valence-corrected chi connectivity index (χ3v) is 4.09. The van der Waals surface area contributed by atoms with E-state index in [1.165, 1.54) is 0 Å². The number of rotatable bonds is 2. The van der Waals surface area contributed by atoms with Crippen molar-refractivity contribution >= 4 is 11.4 Å². The average molecular weight is 282 g/mol. The Morgan fingerprint density at radius 1 is 1.29 bits per heavy atom. The Balaban J connectivity index is 1.77. The second-order valence-electron chi connectivity index (χ2n) is 5.42. The second kappa shape index (κ2) is 5.58. The van der Waals surface area contributed by atoms with Crippen molar-refractivity contribution in [3.05, 3.63) is 41.7 Å². The molecule has 3 heterocycles. The number of pyridine rings is 1. The van der Waals surface area contributed by atoms with Gasteiger partial charge in [-0.3, -0.25) is 9.69 Å². The number of piperazine rings is 1. The Morgan fingerprint density at radius 3 is 2.71 bits per heavy atom. The molecule has 1 saturated heterocycles. The van der Waals surface area contributed by atoms with Crippen molar-refractivity contribution in [2.45, 2.75) is 13.5 Å². The highest BCUT2D eigenvalue weighted by molar-refractivity contribution is 5.73. The van der Waals surface area contributed by atoms with E-state index in [4.69, 9.17) is 0 Å². The largest absolute Gasteiger partial charge is 0.340 e. The highest BCUT2D eigenvalue weighted by Crippen LogP contribution is 2.20. The van der Waals surface area contributed by atoms with Crippen LogP contribution in [0.3, 0.4) is 0 Å². The fraction of sp³-hybridized carbons (Fsp3) is 0.375. The van der Waals surface area contributed by atoms with Crippen LogP contribution in [-0.4, -0.2) is 46.3 Å². The van der Waals surface area contributed by atoms with Crippen LogP contribution in [0, 0.1) is 11.3 Å². The van der Waals surface area contributed by atoms with Gasteiger partial charge in [-0.2, -0.15) is 5.26 Å². The molecule has 1 aliphatic rings. The Labute approximate surface area is 124 Å². The van der Waals surface area contributed by atoms with Crippen molar-refractivity contribution in [2.75, 3.05) is 26.2 Å². The van der Waals surface area contributed by atoms with Crippen LogP contribution >= 0.6 is 0 Å². The number of fused-ring (bicyclic) bond motifs is 1. The van der Waals surface area contributed by atoms with Gasteiger partial charge >= 0.3 is 0 Å². The van der Waals surface area contributed by atoms with E-state index in [9.17, 15) is 10.1 Å². The van der Waals surface area contributed by atoms with E-state index in [2.05, 4.69) is 11.0 Å². The second-order valence-corrected chi connectivity index (χ2v) is 5.42. The van der Waals surface area contributed by atoms with E-state index >= 15 is 0 Å². The molecular weight excluding hydrogens is 264 g/mol. The summed E-state index contributed by atoms with van der Waals surface area (Å²) in [5.74, 6) is 0.141. The maximum atomic E-state index is 11.3. The summed E-state index contributed by atoms with van der Waals surface area (Å²) in [4.78, 5) is 15.5. The predicted octanol–water partition coefficient (Wildman–Crippen LogP) is 1.48. The first-order chi connectivity index (χ1) is 10.2. The van der Waals surface area contributed by atoms with Gasteiger partial charge in [0.25, 0.3) is 0 Å². The van der Waals surface area contributed by atoms with E-state index in [0.29, 0.717) is 0 Å². The Hall–Kier alpha value is -2.32. The number of amides is 1. The zero-order valence-corrected chi connectivity index (χ0v) is 12.1. The first-order valence-electron chi connectivity index (χ1n) is 7.15. The van der Waals surface area contributed by atoms with Gasteiger partial charge in [-0.05, 0) is 12.1 Å². The summed E-state index contributed by atoms with van der Waals surface area (Å²) in [6, 6.07) is 8.20. The van der Waals surface area contributed by atoms with E-state index in [1.807, 2.05) is 39.9 Å². The Kier molecular flexibility index (Phi) is 3.63. The third-order valence-electron chi connectivity index (χ3n) is 4.09. The molecule has 0 unspecified atom stereocenters. The van der Waals surface area contributed by atoms with Gasteiger partial charge < -0.3 is 9.30 Å². The molecule has 0 aromatic carbocycles. The molecule has 21 heavy (non-hydrogen) atoms. The summed E-state index contributed by atoms with van der Waals surface area (Å²) >= 11 is 0. The Bertz CT molecular complexity index is 705. The fourth-order valence-corrected chi connectivity index (χ4v) is 2.89. The highest BCUT2D eigenvalue weighted by atomic mass is 16.2. The van der Waals surface area contributed by atoms with Crippen molar-refractivity contribution < 1.29 is 4.79 Å². The molecule has 5 heteroatoms. The molecule has 0 bridgehead atoms. The molecule has 0 aliphatic carbocycles. The molecule has 108 valence electrons. The number of carbonyl (C=O) groups is 1. The molecule has 2 aromatic heterocycles. The zero-order valence-electron chi connectivity index (χ0n) is 12.1. The van der Waals surface area contributed by atoms with Crippen LogP contribution in [0.15, 0.2) is 30.6 Å². The number of nitriles is 1. The minimum atomic E-state index is 0.141. The van der Waals surface area contributed by atoms with E-state index in [1.54, 1.807) is 6.92 Å². The van der Waals surface area contributed by atoms with Crippen LogP contribution in [0.2, 0.25) is 0 Å². The predicted molar refractivity (Wildman–Crippen MR) is 79.6 cm³/mol. The lowest BCUT2D eigenvalue weighted by Crippen LogP contribution is -2.47. The van der Waals surface area contributed by atoms with Gasteiger partial charge in [0.2, 0.25) is 5.91 Å². The number of nitrogens with zero attached hydrogens (tertiary/aromatic N) is 4. The maximum absolute atomic E-state index is 11.3. The lowest BCUT2D eigenvalue weighted by atomic mass is 10.1. The Morgan fingerprint density at radius 2 is 2.05 bits per heavy atom. The summed E-state index contributed by atoms with van der Waals surface area (Å²) in [7, 11) is 0. The van der Waals surface area contributed by atoms with E-state index < -0.39 is 0 Å². The molecule has 0 N–H and O–H groups in total. The summed E-state index contributed by atoms with van der Waals surface area (Å²) < 4.78 is 2.00. The maximum Gasteiger partial charge on any atom is 0.219 e. The summed E-state index contributed by atoms with van der Waals surface area (Å²) in [5, 5.41) is 9.41. The molecule has 5 nitrogen and oxygen atoms in total. The van der Waals surface area contributed by atoms with Crippen LogP contribution in [0.1, 0.15) is 18.1 Å². The lowest BCUT2D eigenvalue weighted by molar-refractivity contribution is -0.130. The first-order valence-corrected chi connectivity index (χ1v) is 7.15. The SMILES string of the molecule is CC(=O)N1CCN(Cc2cn3ccccc3c2C#N)CC1. The minimum absolute atomic E-state index is 0.141. The standard InChI is InChI=1S/C16H18N4O/c1-13(21)19-8-6-18(7-9-19)11-14-12-20-5-3-2-4-16(20)15(14)10-17/h2-5,12H,6-9,11H2,1H3. The van der Waals surface area contributed by atoms with Crippen molar-refractivity contribution in [3.8, 4) is 6.07 Å². The molecule has 1 amide bonds. The molecule has 0 radical (unpaired) electrons. The average Bonchev–Trinajstić information content (AvgIpc) is 2.84. The molecule has 3 rings (SSSR count). The highest BCUT2D eigenvalue weighted by Gasteiger charge is 2.20. The van der Waals surface area contributed by atoms with Crippen molar-refractivity contribution in [1.29, 1.82) is 5.26 Å². The van der Waals surface area contributed by atoms with Crippen LogP contribution < -0.4 is 0 Å². The minimum Gasteiger partial charge on any atom is -0.340 e. The molecule has 0 saturated carbocycles. The van der Waals surface area contributed by atoms with Gasteiger partial charge in [-0.1, -0.05) is 6.07 Å². The molecule has 0 atom stereocenters. The fourth-order valence-electron chi connectivity index (χ4n) is 2.89. The normalized spacial score (nSPS) is 16.1. The van der Waals surface area contributed by atoms with E-state index in [0.717, 1.165) is 49.4 Å².